The molecule has 37 heavy (non-hydrogen) atoms. The van der Waals surface area contributed by atoms with Crippen molar-refractivity contribution in [1.29, 1.82) is 0 Å². The highest BCUT2D eigenvalue weighted by Crippen LogP contribution is 2.31. The van der Waals surface area contributed by atoms with Crippen LogP contribution in [-0.4, -0.2) is 51.9 Å². The van der Waals surface area contributed by atoms with Crippen molar-refractivity contribution in [2.75, 3.05) is 0 Å². The molecule has 0 heterocycles. The van der Waals surface area contributed by atoms with E-state index in [1.54, 1.807) is 65.8 Å². The Hall–Kier alpha value is -3.54. The second kappa shape index (κ2) is 13.1. The molecular formula is C28H42N4O5. The lowest BCUT2D eigenvalue weighted by atomic mass is 9.94. The third-order valence-corrected chi connectivity index (χ3v) is 5.36. The molecule has 204 valence electrons. The number of hydrogen-bond acceptors (Lipinski definition) is 5. The highest BCUT2D eigenvalue weighted by molar-refractivity contribution is 5.95. The van der Waals surface area contributed by atoms with Crippen molar-refractivity contribution < 1.29 is 23.9 Å². The number of benzene rings is 1. The van der Waals surface area contributed by atoms with Crippen molar-refractivity contribution in [3.8, 4) is 12.3 Å². The van der Waals surface area contributed by atoms with E-state index in [-0.39, 0.29) is 6.04 Å². The summed E-state index contributed by atoms with van der Waals surface area (Å²) >= 11 is 0. The van der Waals surface area contributed by atoms with E-state index < -0.39 is 53.5 Å². The molecule has 0 saturated carbocycles. The summed E-state index contributed by atoms with van der Waals surface area (Å²) in [6.45, 7) is 14.2. The number of ether oxygens (including phenoxy) is 1. The fraction of sp³-hybridized carbons (Fsp3) is 0.571. The number of primary amides is 1. The highest BCUT2D eigenvalue weighted by Gasteiger charge is 2.42. The maximum Gasteiger partial charge on any atom is 0.408 e. The Morgan fingerprint density at radius 2 is 1.62 bits per heavy atom. The second-order valence-corrected chi connectivity index (χ2v) is 11.1. The zero-order valence-electron chi connectivity index (χ0n) is 23.3. The molecule has 0 aromatic heterocycles. The van der Waals surface area contributed by atoms with Crippen LogP contribution in [0.5, 0.6) is 0 Å². The van der Waals surface area contributed by atoms with E-state index in [0.29, 0.717) is 11.1 Å². The number of terminal acetylenes is 1. The van der Waals surface area contributed by atoms with E-state index in [4.69, 9.17) is 16.9 Å². The first-order chi connectivity index (χ1) is 17.0. The van der Waals surface area contributed by atoms with E-state index in [1.165, 1.54) is 4.90 Å². The van der Waals surface area contributed by atoms with E-state index in [2.05, 4.69) is 16.6 Å². The molecule has 0 bridgehead atoms. The summed E-state index contributed by atoms with van der Waals surface area (Å²) in [5.41, 5.74) is 4.84. The number of hydrogen-bond donors (Lipinski definition) is 3. The summed E-state index contributed by atoms with van der Waals surface area (Å²) in [6.07, 6.45) is 5.77. The third kappa shape index (κ3) is 10.2. The molecule has 0 aliphatic rings. The molecule has 0 radical (unpaired) electrons. The zero-order chi connectivity index (χ0) is 28.6. The molecule has 0 aliphatic carbocycles. The van der Waals surface area contributed by atoms with Crippen molar-refractivity contribution >= 4 is 23.8 Å². The van der Waals surface area contributed by atoms with Crippen LogP contribution in [0.25, 0.3) is 0 Å². The van der Waals surface area contributed by atoms with Gasteiger partial charge in [-0.3, -0.25) is 14.4 Å². The number of nitrogens with two attached hydrogens (primary N) is 1. The van der Waals surface area contributed by atoms with E-state index in [0.717, 1.165) is 12.8 Å². The maximum absolute atomic E-state index is 14.0. The predicted octanol–water partition coefficient (Wildman–Crippen LogP) is 3.41. The van der Waals surface area contributed by atoms with Gasteiger partial charge in [-0.15, -0.1) is 6.42 Å². The molecule has 4 N–H and O–H groups in total. The first-order valence-corrected chi connectivity index (χ1v) is 12.5. The molecule has 1 rings (SSSR count). The Kier molecular flexibility index (Phi) is 11.2. The quantitative estimate of drug-likeness (QED) is 0.412. The molecule has 3 unspecified atom stereocenters. The van der Waals surface area contributed by atoms with Gasteiger partial charge in [0.15, 0.2) is 0 Å². The van der Waals surface area contributed by atoms with Crippen molar-refractivity contribution in [2.45, 2.75) is 104 Å². The molecule has 3 atom stereocenters. The number of amides is 4. The minimum atomic E-state index is -1.35. The summed E-state index contributed by atoms with van der Waals surface area (Å²) in [7, 11) is 0. The Morgan fingerprint density at radius 3 is 2.05 bits per heavy atom. The number of carbonyl (C=O) groups is 4. The van der Waals surface area contributed by atoms with Crippen molar-refractivity contribution in [3.63, 3.8) is 0 Å². The first kappa shape index (κ1) is 31.5. The van der Waals surface area contributed by atoms with Gasteiger partial charge in [-0.05, 0) is 72.6 Å². The molecule has 4 amide bonds. The first-order valence-electron chi connectivity index (χ1n) is 12.5. The average molecular weight is 515 g/mol. The van der Waals surface area contributed by atoms with E-state index in [1.807, 2.05) is 13.8 Å². The lowest BCUT2D eigenvalue weighted by Crippen LogP contribution is -2.59. The Morgan fingerprint density at radius 1 is 1.05 bits per heavy atom. The lowest BCUT2D eigenvalue weighted by molar-refractivity contribution is -0.149. The topological polar surface area (TPSA) is 131 Å². The van der Waals surface area contributed by atoms with Crippen molar-refractivity contribution in [2.24, 2.45) is 5.73 Å². The summed E-state index contributed by atoms with van der Waals surface area (Å²) in [5.74, 6) is 0.700. The van der Waals surface area contributed by atoms with Crippen LogP contribution in [0.4, 0.5) is 4.79 Å². The van der Waals surface area contributed by atoms with Crippen LogP contribution in [-0.2, 0) is 19.1 Å². The van der Waals surface area contributed by atoms with Gasteiger partial charge < -0.3 is 26.0 Å². The normalized spacial score (nSPS) is 13.9. The van der Waals surface area contributed by atoms with Gasteiger partial charge in [-0.25, -0.2) is 4.79 Å². The van der Waals surface area contributed by atoms with Gasteiger partial charge in [0.25, 0.3) is 0 Å². The molecular weight excluding hydrogens is 472 g/mol. The zero-order valence-corrected chi connectivity index (χ0v) is 23.3. The maximum atomic E-state index is 14.0. The molecule has 1 aromatic carbocycles. The van der Waals surface area contributed by atoms with Crippen LogP contribution < -0.4 is 16.4 Å². The number of rotatable bonds is 10. The SMILES string of the molecule is C#Cc1ccc(C(C(=O)NC(C)CCC)N(C(=O)C(CC(N)=O)NC(=O)OC(C)(C)C)C(C)(C)C)cc1. The molecule has 0 spiro atoms. The van der Waals surface area contributed by atoms with Gasteiger partial charge in [0.1, 0.15) is 17.7 Å². The van der Waals surface area contributed by atoms with Gasteiger partial charge in [0, 0.05) is 17.1 Å². The number of nitrogens with one attached hydrogen (secondary N) is 2. The summed E-state index contributed by atoms with van der Waals surface area (Å²) in [4.78, 5) is 53.5. The monoisotopic (exact) mass is 514 g/mol. The van der Waals surface area contributed by atoms with Gasteiger partial charge in [0.05, 0.1) is 6.42 Å². The minimum Gasteiger partial charge on any atom is -0.444 e. The van der Waals surface area contributed by atoms with Crippen LogP contribution in [0.15, 0.2) is 24.3 Å². The minimum absolute atomic E-state index is 0.136. The highest BCUT2D eigenvalue weighted by atomic mass is 16.6. The van der Waals surface area contributed by atoms with Crippen LogP contribution in [0, 0.1) is 12.3 Å². The number of carbonyl (C=O) groups excluding carboxylic acids is 4. The van der Waals surface area contributed by atoms with Crippen LogP contribution in [0.2, 0.25) is 0 Å². The standard InChI is InChI=1S/C28H42N4O5/c1-10-12-18(3)30-24(34)23(20-15-13-19(11-2)14-16-20)32(27(4,5)6)25(35)21(17-22(29)33)31-26(36)37-28(7,8)9/h2,13-16,18,21,23H,10,12,17H2,1,3-9H3,(H2,29,33)(H,30,34)(H,31,36). The predicted molar refractivity (Wildman–Crippen MR) is 143 cm³/mol. The fourth-order valence-electron chi connectivity index (χ4n) is 3.87. The molecule has 9 nitrogen and oxygen atoms in total. The fourth-order valence-corrected chi connectivity index (χ4v) is 3.87. The second-order valence-electron chi connectivity index (χ2n) is 11.1. The Bertz CT molecular complexity index is 999. The molecule has 0 aliphatic heterocycles. The number of nitrogens with zero attached hydrogens (tertiary/aromatic N) is 1. The van der Waals surface area contributed by atoms with Crippen molar-refractivity contribution in [3.05, 3.63) is 35.4 Å². The lowest BCUT2D eigenvalue weighted by Gasteiger charge is -2.43. The van der Waals surface area contributed by atoms with Crippen LogP contribution in [0.1, 0.15) is 91.8 Å². The number of alkyl carbamates (subject to hydrolysis) is 1. The third-order valence-electron chi connectivity index (χ3n) is 5.36. The molecule has 1 aromatic rings. The summed E-state index contributed by atoms with van der Waals surface area (Å²) < 4.78 is 5.29. The summed E-state index contributed by atoms with van der Waals surface area (Å²) in [5, 5.41) is 5.46. The largest absolute Gasteiger partial charge is 0.444 e. The van der Waals surface area contributed by atoms with Crippen LogP contribution in [0.3, 0.4) is 0 Å². The van der Waals surface area contributed by atoms with Gasteiger partial charge in [0.2, 0.25) is 17.7 Å². The average Bonchev–Trinajstić information content (AvgIpc) is 2.74. The molecule has 0 fully saturated rings. The van der Waals surface area contributed by atoms with E-state index >= 15 is 0 Å². The van der Waals surface area contributed by atoms with Gasteiger partial charge in [-0.1, -0.05) is 31.4 Å². The summed E-state index contributed by atoms with van der Waals surface area (Å²) in [6, 6.07) is 4.21. The van der Waals surface area contributed by atoms with Gasteiger partial charge in [-0.2, -0.15) is 0 Å². The van der Waals surface area contributed by atoms with Gasteiger partial charge >= 0.3 is 6.09 Å². The molecule has 9 heteroatoms. The molecule has 0 saturated heterocycles. The Balaban J connectivity index is 3.60. The van der Waals surface area contributed by atoms with Crippen LogP contribution >= 0.6 is 0 Å². The van der Waals surface area contributed by atoms with E-state index in [9.17, 15) is 19.2 Å². The Labute approximate surface area is 220 Å². The van der Waals surface area contributed by atoms with Crippen molar-refractivity contribution in [1.82, 2.24) is 15.5 Å². The smallest absolute Gasteiger partial charge is 0.408 e.